The second-order valence-electron chi connectivity index (χ2n) is 8.05. The lowest BCUT2D eigenvalue weighted by molar-refractivity contribution is 0.0170. The van der Waals surface area contributed by atoms with E-state index in [0.29, 0.717) is 6.04 Å². The van der Waals surface area contributed by atoms with Crippen molar-refractivity contribution in [1.82, 2.24) is 20.4 Å². The van der Waals surface area contributed by atoms with Crippen molar-refractivity contribution in [3.8, 4) is 5.75 Å². The van der Waals surface area contributed by atoms with Gasteiger partial charge in [0.1, 0.15) is 5.75 Å². The molecule has 7 heteroatoms. The smallest absolute Gasteiger partial charge is 0.191 e. The summed E-state index contributed by atoms with van der Waals surface area (Å²) in [6.07, 6.45) is 3.91. The van der Waals surface area contributed by atoms with Crippen LogP contribution in [0.4, 0.5) is 0 Å². The van der Waals surface area contributed by atoms with Gasteiger partial charge < -0.3 is 20.1 Å². The summed E-state index contributed by atoms with van der Waals surface area (Å²) in [7, 11) is 3.56. The quantitative estimate of drug-likeness (QED) is 0.499. The van der Waals surface area contributed by atoms with Gasteiger partial charge in [-0.15, -0.1) is 0 Å². The third-order valence-electron chi connectivity index (χ3n) is 6.33. The van der Waals surface area contributed by atoms with Crippen LogP contribution in [0.3, 0.4) is 0 Å². The first-order valence-electron chi connectivity index (χ1n) is 11.4. The monoisotopic (exact) mass is 417 g/mol. The van der Waals surface area contributed by atoms with Crippen LogP contribution in [0, 0.1) is 0 Å². The van der Waals surface area contributed by atoms with Crippen LogP contribution in [-0.4, -0.2) is 88.4 Å². The molecule has 3 rings (SSSR count). The highest BCUT2D eigenvalue weighted by Gasteiger charge is 2.24. The molecule has 2 aliphatic rings. The number of likely N-dealkylation sites (tertiary alicyclic amines) is 1. The minimum atomic E-state index is 0.264. The lowest BCUT2D eigenvalue weighted by Gasteiger charge is -2.36. The molecular formula is C23H39N5O2. The predicted octanol–water partition coefficient (Wildman–Crippen LogP) is 2.11. The van der Waals surface area contributed by atoms with E-state index in [-0.39, 0.29) is 6.04 Å². The normalized spacial score (nSPS) is 22.5. The Balaban J connectivity index is 1.59. The summed E-state index contributed by atoms with van der Waals surface area (Å²) in [5.41, 5.74) is 1.28. The summed E-state index contributed by atoms with van der Waals surface area (Å²) in [5, 5.41) is 7.14. The zero-order valence-corrected chi connectivity index (χ0v) is 18.9. The van der Waals surface area contributed by atoms with Crippen LogP contribution in [0.15, 0.2) is 29.3 Å². The van der Waals surface area contributed by atoms with Crippen LogP contribution in [0.25, 0.3) is 0 Å². The van der Waals surface area contributed by atoms with Gasteiger partial charge in [-0.2, -0.15) is 0 Å². The van der Waals surface area contributed by atoms with E-state index in [2.05, 4.69) is 44.5 Å². The molecule has 2 N–H and O–H groups in total. The molecule has 0 radical (unpaired) electrons. The van der Waals surface area contributed by atoms with Gasteiger partial charge in [0.05, 0.1) is 26.4 Å². The standard InChI is InChI=1S/C23H39N5O2/c1-4-27-12-6-5-7-20(27)17-25-23(24-2)26-18-22(28-13-15-30-16-14-28)19-8-10-21(29-3)11-9-19/h8-11,20,22H,4-7,12-18H2,1-3H3,(H2,24,25,26). The molecule has 1 aromatic rings. The summed E-state index contributed by atoms with van der Waals surface area (Å²) in [5.74, 6) is 1.77. The molecule has 2 atom stereocenters. The lowest BCUT2D eigenvalue weighted by Crippen LogP contribution is -2.50. The SMILES string of the molecule is CCN1CCCCC1CNC(=NC)NCC(c1ccc(OC)cc1)N1CCOCC1. The molecule has 0 saturated carbocycles. The van der Waals surface area contributed by atoms with Crippen molar-refractivity contribution in [1.29, 1.82) is 0 Å². The summed E-state index contributed by atoms with van der Waals surface area (Å²) in [6.45, 7) is 9.79. The van der Waals surface area contributed by atoms with E-state index >= 15 is 0 Å². The largest absolute Gasteiger partial charge is 0.497 e. The average Bonchev–Trinajstić information content (AvgIpc) is 2.82. The highest BCUT2D eigenvalue weighted by atomic mass is 16.5. The first-order chi connectivity index (χ1) is 14.7. The van der Waals surface area contributed by atoms with E-state index in [4.69, 9.17) is 9.47 Å². The number of piperidine rings is 1. The van der Waals surface area contributed by atoms with Crippen molar-refractivity contribution in [3.63, 3.8) is 0 Å². The molecule has 2 saturated heterocycles. The van der Waals surface area contributed by atoms with Gasteiger partial charge in [-0.25, -0.2) is 0 Å². The van der Waals surface area contributed by atoms with Crippen molar-refractivity contribution in [2.45, 2.75) is 38.3 Å². The summed E-state index contributed by atoms with van der Waals surface area (Å²) in [4.78, 5) is 9.55. The maximum Gasteiger partial charge on any atom is 0.191 e. The fourth-order valence-electron chi connectivity index (χ4n) is 4.51. The zero-order valence-electron chi connectivity index (χ0n) is 18.9. The van der Waals surface area contributed by atoms with Gasteiger partial charge in [0, 0.05) is 39.3 Å². The van der Waals surface area contributed by atoms with E-state index in [1.165, 1.54) is 31.4 Å². The number of benzene rings is 1. The van der Waals surface area contributed by atoms with Gasteiger partial charge in [-0.05, 0) is 43.6 Å². The van der Waals surface area contributed by atoms with E-state index in [9.17, 15) is 0 Å². The number of hydrogen-bond acceptors (Lipinski definition) is 5. The van der Waals surface area contributed by atoms with E-state index in [1.807, 2.05) is 19.2 Å². The van der Waals surface area contributed by atoms with Crippen LogP contribution >= 0.6 is 0 Å². The molecule has 0 amide bonds. The molecule has 0 aromatic heterocycles. The number of likely N-dealkylation sites (N-methyl/N-ethyl adjacent to an activating group) is 1. The minimum absolute atomic E-state index is 0.264. The number of morpholine rings is 1. The molecule has 2 unspecified atom stereocenters. The Labute approximate surface area is 181 Å². The molecule has 2 aliphatic heterocycles. The number of ether oxygens (including phenoxy) is 2. The van der Waals surface area contributed by atoms with Crippen LogP contribution in [0.5, 0.6) is 5.75 Å². The lowest BCUT2D eigenvalue weighted by atomic mass is 10.0. The van der Waals surface area contributed by atoms with Gasteiger partial charge in [0.25, 0.3) is 0 Å². The van der Waals surface area contributed by atoms with Gasteiger partial charge in [-0.3, -0.25) is 14.8 Å². The van der Waals surface area contributed by atoms with Crippen LogP contribution in [0.1, 0.15) is 37.8 Å². The molecule has 0 aliphatic carbocycles. The maximum atomic E-state index is 5.57. The van der Waals surface area contributed by atoms with Crippen molar-refractivity contribution in [3.05, 3.63) is 29.8 Å². The van der Waals surface area contributed by atoms with Gasteiger partial charge in [0.15, 0.2) is 5.96 Å². The minimum Gasteiger partial charge on any atom is -0.497 e. The van der Waals surface area contributed by atoms with Crippen molar-refractivity contribution < 1.29 is 9.47 Å². The second-order valence-corrected chi connectivity index (χ2v) is 8.05. The van der Waals surface area contributed by atoms with Crippen LogP contribution in [0.2, 0.25) is 0 Å². The molecule has 2 fully saturated rings. The molecule has 30 heavy (non-hydrogen) atoms. The Bertz CT molecular complexity index is 645. The third kappa shape index (κ3) is 6.33. The highest BCUT2D eigenvalue weighted by molar-refractivity contribution is 5.79. The number of nitrogens with one attached hydrogen (secondary N) is 2. The first-order valence-corrected chi connectivity index (χ1v) is 11.4. The molecule has 0 spiro atoms. The number of nitrogens with zero attached hydrogens (tertiary/aromatic N) is 3. The Morgan fingerprint density at radius 3 is 2.60 bits per heavy atom. The number of guanidine groups is 1. The summed E-state index contributed by atoms with van der Waals surface area (Å²) in [6, 6.07) is 9.27. The predicted molar refractivity (Wildman–Crippen MR) is 122 cm³/mol. The number of aliphatic imine (C=N–C) groups is 1. The number of hydrogen-bond donors (Lipinski definition) is 2. The Morgan fingerprint density at radius 1 is 1.17 bits per heavy atom. The van der Waals surface area contributed by atoms with Gasteiger partial charge in [-0.1, -0.05) is 25.5 Å². The molecule has 2 heterocycles. The zero-order chi connectivity index (χ0) is 21.2. The third-order valence-corrected chi connectivity index (χ3v) is 6.33. The van der Waals surface area contributed by atoms with Crippen molar-refractivity contribution >= 4 is 5.96 Å². The number of rotatable bonds is 8. The Hall–Kier alpha value is -1.83. The van der Waals surface area contributed by atoms with Gasteiger partial charge >= 0.3 is 0 Å². The maximum absolute atomic E-state index is 5.57. The Kier molecular flexibility index (Phi) is 9.24. The van der Waals surface area contributed by atoms with E-state index < -0.39 is 0 Å². The number of methoxy groups -OCH3 is 1. The average molecular weight is 418 g/mol. The molecule has 7 nitrogen and oxygen atoms in total. The molecule has 0 bridgehead atoms. The molecule has 1 aromatic carbocycles. The topological polar surface area (TPSA) is 61.4 Å². The second kappa shape index (κ2) is 12.1. The Morgan fingerprint density at radius 2 is 1.93 bits per heavy atom. The van der Waals surface area contributed by atoms with E-state index in [0.717, 1.165) is 57.6 Å². The fraction of sp³-hybridized carbons (Fsp3) is 0.696. The van der Waals surface area contributed by atoms with Crippen LogP contribution in [-0.2, 0) is 4.74 Å². The molecule has 168 valence electrons. The van der Waals surface area contributed by atoms with Crippen molar-refractivity contribution in [2.75, 3.05) is 66.6 Å². The van der Waals surface area contributed by atoms with E-state index in [1.54, 1.807) is 7.11 Å². The van der Waals surface area contributed by atoms with Gasteiger partial charge in [0.2, 0.25) is 0 Å². The summed E-state index contributed by atoms with van der Waals surface area (Å²) < 4.78 is 10.9. The van der Waals surface area contributed by atoms with Crippen molar-refractivity contribution in [2.24, 2.45) is 4.99 Å². The fourth-order valence-corrected chi connectivity index (χ4v) is 4.51. The summed E-state index contributed by atoms with van der Waals surface area (Å²) >= 11 is 0. The highest BCUT2D eigenvalue weighted by Crippen LogP contribution is 2.23. The van der Waals surface area contributed by atoms with Crippen LogP contribution < -0.4 is 15.4 Å². The molecular weight excluding hydrogens is 378 g/mol. The first kappa shape index (κ1) is 22.8.